The Bertz CT molecular complexity index is 1480. The molecule has 2 unspecified atom stereocenters. The molecule has 2 aromatic heterocycles. The standard InChI is InChI=1S/C29H26N4O5/c34-24-22(38-28(25(24)35)33-18-32-23-26(33)30-17-31-27(23)36)16-37-29(19-10-4-1-5-11-19,20-12-6-2-7-13-20)21-14-8-3-9-15-21/h1-15,17-18,22,24-25,28,34-35H,16H2,(H,30,31,36)/t22-,24?,25?,28-/m1/s1. The van der Waals surface area contributed by atoms with Gasteiger partial charge in [0.1, 0.15) is 23.9 Å². The van der Waals surface area contributed by atoms with Crippen LogP contribution >= 0.6 is 0 Å². The van der Waals surface area contributed by atoms with Gasteiger partial charge in [0.25, 0.3) is 5.56 Å². The molecule has 0 radical (unpaired) electrons. The molecule has 0 spiro atoms. The fraction of sp³-hybridized carbons (Fsp3) is 0.207. The topological polar surface area (TPSA) is 122 Å². The Labute approximate surface area is 218 Å². The summed E-state index contributed by atoms with van der Waals surface area (Å²) in [7, 11) is 0. The molecule has 9 nitrogen and oxygen atoms in total. The van der Waals surface area contributed by atoms with Crippen molar-refractivity contribution in [2.75, 3.05) is 6.61 Å². The highest BCUT2D eigenvalue weighted by Crippen LogP contribution is 2.41. The van der Waals surface area contributed by atoms with Crippen molar-refractivity contribution in [3.63, 3.8) is 0 Å². The summed E-state index contributed by atoms with van der Waals surface area (Å²) in [5.41, 5.74) is 1.68. The van der Waals surface area contributed by atoms with Crippen LogP contribution in [-0.2, 0) is 15.1 Å². The molecule has 1 saturated heterocycles. The van der Waals surface area contributed by atoms with Crippen LogP contribution in [0, 0.1) is 0 Å². The number of H-pyrrole nitrogens is 1. The summed E-state index contributed by atoms with van der Waals surface area (Å²) < 4.78 is 14.4. The zero-order chi connectivity index (χ0) is 26.1. The lowest BCUT2D eigenvalue weighted by molar-refractivity contribution is -0.0942. The molecule has 0 aliphatic carbocycles. The Morgan fingerprint density at radius 3 is 1.95 bits per heavy atom. The molecule has 38 heavy (non-hydrogen) atoms. The van der Waals surface area contributed by atoms with Crippen LogP contribution in [0.3, 0.4) is 0 Å². The van der Waals surface area contributed by atoms with Crippen LogP contribution in [0.5, 0.6) is 0 Å². The number of aliphatic hydroxyl groups excluding tert-OH is 2. The van der Waals surface area contributed by atoms with Crippen LogP contribution < -0.4 is 5.56 Å². The van der Waals surface area contributed by atoms with E-state index < -0.39 is 35.7 Å². The first kappa shape index (κ1) is 24.2. The van der Waals surface area contributed by atoms with Gasteiger partial charge in [0, 0.05) is 0 Å². The molecule has 0 bridgehead atoms. The van der Waals surface area contributed by atoms with E-state index in [0.717, 1.165) is 16.7 Å². The molecule has 3 aromatic carbocycles. The molecule has 3 N–H and O–H groups in total. The quantitative estimate of drug-likeness (QED) is 0.288. The summed E-state index contributed by atoms with van der Waals surface area (Å²) in [5, 5.41) is 21.9. The van der Waals surface area contributed by atoms with Crippen LogP contribution in [0.2, 0.25) is 0 Å². The summed E-state index contributed by atoms with van der Waals surface area (Å²) in [6, 6.07) is 29.6. The number of imidazole rings is 1. The van der Waals surface area contributed by atoms with E-state index in [9.17, 15) is 15.0 Å². The second kappa shape index (κ2) is 9.96. The molecule has 3 heterocycles. The number of fused-ring (bicyclic) bond motifs is 1. The molecule has 6 rings (SSSR count). The maximum absolute atomic E-state index is 12.1. The van der Waals surface area contributed by atoms with Crippen molar-refractivity contribution in [1.82, 2.24) is 19.5 Å². The number of hydrogen-bond acceptors (Lipinski definition) is 7. The zero-order valence-corrected chi connectivity index (χ0v) is 20.3. The molecule has 1 aliphatic heterocycles. The molecule has 192 valence electrons. The summed E-state index contributed by atoms with van der Waals surface area (Å²) in [6.07, 6.45) is -1.78. The van der Waals surface area contributed by atoms with E-state index in [1.165, 1.54) is 17.2 Å². The van der Waals surface area contributed by atoms with Gasteiger partial charge in [0.05, 0.1) is 19.3 Å². The van der Waals surface area contributed by atoms with Crippen molar-refractivity contribution in [3.8, 4) is 0 Å². The number of nitrogens with one attached hydrogen (secondary N) is 1. The minimum absolute atomic E-state index is 0.0337. The Hall–Kier alpha value is -4.15. The highest BCUT2D eigenvalue weighted by Gasteiger charge is 2.46. The third kappa shape index (κ3) is 4.02. The smallest absolute Gasteiger partial charge is 0.278 e. The van der Waals surface area contributed by atoms with E-state index in [1.807, 2.05) is 91.0 Å². The molecule has 1 aliphatic rings. The Morgan fingerprint density at radius 1 is 0.842 bits per heavy atom. The molecule has 1 fully saturated rings. The van der Waals surface area contributed by atoms with Crippen molar-refractivity contribution in [2.45, 2.75) is 30.1 Å². The van der Waals surface area contributed by atoms with E-state index in [2.05, 4.69) is 15.0 Å². The fourth-order valence-electron chi connectivity index (χ4n) is 5.12. The summed E-state index contributed by atoms with van der Waals surface area (Å²) >= 11 is 0. The van der Waals surface area contributed by atoms with Crippen LogP contribution in [0.15, 0.2) is 108 Å². The number of hydrogen-bond donors (Lipinski definition) is 3. The molecule has 0 amide bonds. The second-order valence-corrected chi connectivity index (χ2v) is 9.19. The van der Waals surface area contributed by atoms with Crippen LogP contribution in [-0.4, -0.2) is 54.7 Å². The minimum Gasteiger partial charge on any atom is -0.387 e. The van der Waals surface area contributed by atoms with Gasteiger partial charge in [-0.05, 0) is 16.7 Å². The zero-order valence-electron chi connectivity index (χ0n) is 20.3. The monoisotopic (exact) mass is 510 g/mol. The van der Waals surface area contributed by atoms with E-state index in [1.54, 1.807) is 0 Å². The number of rotatable bonds is 7. The van der Waals surface area contributed by atoms with Gasteiger partial charge in [-0.15, -0.1) is 0 Å². The normalized spacial score (nSPS) is 21.6. The molecular formula is C29H26N4O5. The molecular weight excluding hydrogens is 484 g/mol. The summed E-state index contributed by atoms with van der Waals surface area (Å²) in [6.45, 7) is -0.0337. The maximum Gasteiger partial charge on any atom is 0.278 e. The van der Waals surface area contributed by atoms with Gasteiger partial charge in [-0.3, -0.25) is 9.36 Å². The minimum atomic E-state index is -1.29. The van der Waals surface area contributed by atoms with Gasteiger partial charge in [0.15, 0.2) is 17.4 Å². The van der Waals surface area contributed by atoms with E-state index >= 15 is 0 Å². The first-order chi connectivity index (χ1) is 18.6. The number of aromatic amines is 1. The molecule has 0 saturated carbocycles. The van der Waals surface area contributed by atoms with Gasteiger partial charge in [-0.1, -0.05) is 91.0 Å². The fourth-order valence-corrected chi connectivity index (χ4v) is 5.12. The first-order valence-electron chi connectivity index (χ1n) is 12.3. The second-order valence-electron chi connectivity index (χ2n) is 9.19. The highest BCUT2D eigenvalue weighted by atomic mass is 16.6. The Morgan fingerprint density at radius 2 is 1.39 bits per heavy atom. The van der Waals surface area contributed by atoms with Crippen molar-refractivity contribution in [1.29, 1.82) is 0 Å². The van der Waals surface area contributed by atoms with Gasteiger partial charge in [-0.2, -0.15) is 0 Å². The van der Waals surface area contributed by atoms with Crippen LogP contribution in [0.4, 0.5) is 0 Å². The van der Waals surface area contributed by atoms with Crippen LogP contribution in [0.1, 0.15) is 22.9 Å². The predicted octanol–water partition coefficient (Wildman–Crippen LogP) is 2.75. The average Bonchev–Trinajstić information content (AvgIpc) is 3.52. The van der Waals surface area contributed by atoms with Gasteiger partial charge < -0.3 is 24.7 Å². The Kier molecular flexibility index (Phi) is 6.34. The van der Waals surface area contributed by atoms with Crippen molar-refractivity contribution >= 4 is 11.2 Å². The average molecular weight is 511 g/mol. The molecule has 9 heteroatoms. The predicted molar refractivity (Wildman–Crippen MR) is 139 cm³/mol. The SMILES string of the molecule is O=c1[nH]cnc2c1ncn2[C@@H]1O[C@H](COC(c2ccccc2)(c2ccccc2)c2ccccc2)C(O)C1O. The van der Waals surface area contributed by atoms with Crippen LogP contribution in [0.25, 0.3) is 11.2 Å². The van der Waals surface area contributed by atoms with Crippen molar-refractivity contribution < 1.29 is 19.7 Å². The van der Waals surface area contributed by atoms with Gasteiger partial charge >= 0.3 is 0 Å². The van der Waals surface area contributed by atoms with Crippen molar-refractivity contribution in [3.05, 3.63) is 131 Å². The third-order valence-corrected chi connectivity index (χ3v) is 6.98. The molecule has 5 aromatic rings. The van der Waals surface area contributed by atoms with Crippen molar-refractivity contribution in [2.24, 2.45) is 0 Å². The number of benzene rings is 3. The lowest BCUT2D eigenvalue weighted by atomic mass is 9.80. The number of nitrogens with zero attached hydrogens (tertiary/aromatic N) is 3. The number of aliphatic hydroxyl groups is 2. The van der Waals surface area contributed by atoms with Gasteiger partial charge in [-0.25, -0.2) is 9.97 Å². The summed E-state index contributed by atoms with van der Waals surface area (Å²) in [5.74, 6) is 0. The lowest BCUT2D eigenvalue weighted by Gasteiger charge is -2.37. The third-order valence-electron chi connectivity index (χ3n) is 6.98. The largest absolute Gasteiger partial charge is 0.387 e. The molecule has 4 atom stereocenters. The van der Waals surface area contributed by atoms with E-state index in [-0.39, 0.29) is 17.8 Å². The van der Waals surface area contributed by atoms with E-state index in [4.69, 9.17) is 9.47 Å². The van der Waals surface area contributed by atoms with Gasteiger partial charge in [0.2, 0.25) is 0 Å². The first-order valence-corrected chi connectivity index (χ1v) is 12.3. The maximum atomic E-state index is 12.1. The number of ether oxygens (including phenoxy) is 2. The number of aromatic nitrogens is 4. The van der Waals surface area contributed by atoms with E-state index in [0.29, 0.717) is 0 Å². The summed E-state index contributed by atoms with van der Waals surface area (Å²) in [4.78, 5) is 22.8. The Balaban J connectivity index is 1.37. The lowest BCUT2D eigenvalue weighted by Crippen LogP contribution is -2.39. The highest BCUT2D eigenvalue weighted by molar-refractivity contribution is 5.68.